The first-order chi connectivity index (χ1) is 64.4. The molecule has 0 aliphatic heterocycles. The van der Waals surface area contributed by atoms with Gasteiger partial charge in [-0.25, -0.2) is 44.9 Å². The van der Waals surface area contributed by atoms with E-state index in [0.717, 1.165) is 160 Å². The van der Waals surface area contributed by atoms with Crippen molar-refractivity contribution in [3.63, 3.8) is 0 Å². The second kappa shape index (κ2) is 35.1. The van der Waals surface area contributed by atoms with E-state index in [9.17, 15) is 0 Å². The molecule has 0 fully saturated rings. The fourth-order valence-electron chi connectivity index (χ4n) is 17.1. The summed E-state index contributed by atoms with van der Waals surface area (Å²) >= 11 is 0. The summed E-state index contributed by atoms with van der Waals surface area (Å²) in [6, 6.07) is 152. The lowest BCUT2D eigenvalue weighted by atomic mass is 10.00. The van der Waals surface area contributed by atoms with Gasteiger partial charge in [-0.3, -0.25) is 15.0 Å². The Morgan fingerprint density at radius 2 is 0.392 bits per heavy atom. The van der Waals surface area contributed by atoms with Crippen molar-refractivity contribution < 1.29 is 0 Å². The van der Waals surface area contributed by atoms with Gasteiger partial charge in [-0.2, -0.15) is 0 Å². The highest BCUT2D eigenvalue weighted by atomic mass is 15.1. The molecule has 6 aromatic heterocycles. The van der Waals surface area contributed by atoms with E-state index in [2.05, 4.69) is 421 Å². The molecule has 0 unspecified atom stereocenters. The molecule has 0 saturated heterocycles. The van der Waals surface area contributed by atoms with Crippen LogP contribution in [-0.2, 0) is 0 Å². The minimum absolute atomic E-state index is 0.630. The number of hydrogen-bond donors (Lipinski definition) is 0. The lowest BCUT2D eigenvalue weighted by Gasteiger charge is -2.12. The zero-order valence-corrected chi connectivity index (χ0v) is 70.2. The molecule has 0 saturated carbocycles. The third kappa shape index (κ3) is 16.2. The first-order valence-corrected chi connectivity index (χ1v) is 43.3. The van der Waals surface area contributed by atoms with E-state index in [1.807, 2.05) is 55.0 Å². The van der Waals surface area contributed by atoms with Gasteiger partial charge in [0.1, 0.15) is 0 Å². The van der Waals surface area contributed by atoms with Crippen molar-refractivity contribution in [1.82, 2.24) is 59.8 Å². The summed E-state index contributed by atoms with van der Waals surface area (Å²) in [6.45, 7) is 0. The maximum atomic E-state index is 5.07. The van der Waals surface area contributed by atoms with Gasteiger partial charge < -0.3 is 0 Å². The molecule has 0 aliphatic carbocycles. The molecule has 0 radical (unpaired) electrons. The molecule has 0 aliphatic rings. The third-order valence-electron chi connectivity index (χ3n) is 23.8. The number of rotatable bonds is 14. The molecule has 0 N–H and O–H groups in total. The summed E-state index contributed by atoms with van der Waals surface area (Å²) in [5.41, 5.74) is 22.8. The maximum absolute atomic E-state index is 5.07. The van der Waals surface area contributed by atoms with Gasteiger partial charge in [0.05, 0.1) is 16.6 Å². The molecular weight excluding hydrogens is 1590 g/mol. The predicted octanol–water partition coefficient (Wildman–Crippen LogP) is 29.2. The van der Waals surface area contributed by atoms with E-state index in [1.54, 1.807) is 0 Å². The van der Waals surface area contributed by atoms with Gasteiger partial charge in [0, 0.05) is 95.9 Å². The molecule has 0 atom stereocenters. The monoisotopic (exact) mass is 1660 g/mol. The van der Waals surface area contributed by atoms with Crippen molar-refractivity contribution in [3.8, 4) is 158 Å². The Morgan fingerprint density at radius 3 is 0.800 bits per heavy atom. The Balaban J connectivity index is 0.000000115. The minimum atomic E-state index is 0.630. The summed E-state index contributed by atoms with van der Waals surface area (Å²) in [4.78, 5) is 58.9. The molecule has 0 amide bonds. The summed E-state index contributed by atoms with van der Waals surface area (Å²) in [5.74, 6) is 5.78. The second-order valence-corrected chi connectivity index (χ2v) is 31.9. The van der Waals surface area contributed by atoms with E-state index in [4.69, 9.17) is 44.9 Å². The van der Waals surface area contributed by atoms with E-state index < -0.39 is 0 Å². The largest absolute Gasteiger partial charge is 0.256 e. The van der Waals surface area contributed by atoms with Crippen LogP contribution in [0.15, 0.2) is 461 Å². The smallest absolute Gasteiger partial charge is 0.164 e. The molecule has 12 nitrogen and oxygen atoms in total. The van der Waals surface area contributed by atoms with Crippen molar-refractivity contribution in [1.29, 1.82) is 0 Å². The highest BCUT2D eigenvalue weighted by Crippen LogP contribution is 2.39. The number of benzene rings is 18. The summed E-state index contributed by atoms with van der Waals surface area (Å²) < 4.78 is 0. The van der Waals surface area contributed by atoms with Gasteiger partial charge >= 0.3 is 0 Å². The molecule has 6 heterocycles. The zero-order chi connectivity index (χ0) is 86.5. The van der Waals surface area contributed by atoms with Crippen LogP contribution in [0.5, 0.6) is 0 Å². The molecule has 12 heteroatoms. The van der Waals surface area contributed by atoms with Gasteiger partial charge in [0.15, 0.2) is 52.4 Å². The van der Waals surface area contributed by atoms with Crippen LogP contribution in [0.25, 0.3) is 234 Å². The Bertz CT molecular complexity index is 8000. The van der Waals surface area contributed by atoms with Gasteiger partial charge in [-0.1, -0.05) is 406 Å². The lowest BCUT2D eigenvalue weighted by Crippen LogP contribution is -2.01. The Hall–Kier alpha value is -17.7. The number of hydrogen-bond acceptors (Lipinski definition) is 12. The summed E-state index contributed by atoms with van der Waals surface area (Å²) in [7, 11) is 0. The van der Waals surface area contributed by atoms with Crippen molar-refractivity contribution in [2.75, 3.05) is 0 Å². The number of para-hydroxylation sites is 3. The van der Waals surface area contributed by atoms with Crippen LogP contribution in [0.2, 0.25) is 0 Å². The van der Waals surface area contributed by atoms with Crippen LogP contribution in [0.1, 0.15) is 0 Å². The normalized spacial score (nSPS) is 11.2. The molecule has 18 aromatic carbocycles. The second-order valence-electron chi connectivity index (χ2n) is 31.9. The fraction of sp³-hybridized carbons (Fsp3) is 0. The van der Waals surface area contributed by atoms with Crippen molar-refractivity contribution in [2.45, 2.75) is 0 Å². The topological polar surface area (TPSA) is 155 Å². The first kappa shape index (κ1) is 78.3. The van der Waals surface area contributed by atoms with Crippen LogP contribution in [0.4, 0.5) is 0 Å². The molecular formula is C118H76N12. The van der Waals surface area contributed by atoms with Gasteiger partial charge in [-0.15, -0.1) is 0 Å². The highest BCUT2D eigenvalue weighted by Gasteiger charge is 2.21. The molecule has 24 aromatic rings. The van der Waals surface area contributed by atoms with Gasteiger partial charge in [0.2, 0.25) is 0 Å². The molecule has 0 spiro atoms. The molecule has 130 heavy (non-hydrogen) atoms. The van der Waals surface area contributed by atoms with E-state index in [1.165, 1.54) is 21.9 Å². The van der Waals surface area contributed by atoms with E-state index in [0.29, 0.717) is 52.4 Å². The van der Waals surface area contributed by atoms with Crippen LogP contribution < -0.4 is 0 Å². The van der Waals surface area contributed by atoms with Gasteiger partial charge in [-0.05, 0) is 124 Å². The van der Waals surface area contributed by atoms with Crippen LogP contribution >= 0.6 is 0 Å². The molecule has 608 valence electrons. The van der Waals surface area contributed by atoms with Crippen molar-refractivity contribution in [2.24, 2.45) is 0 Å². The lowest BCUT2D eigenvalue weighted by molar-refractivity contribution is 1.07. The standard InChI is InChI=1S/C42H28N4.2C38H24N4/c1-3-9-29(10-4-1)31-15-21-34(22-16-31)40-44-41(35-23-17-32(18-24-35)30-11-5-2-6-12-30)46-42(45-40)36-25-19-33(20-26-36)37-27-28-43-39-14-8-7-13-38(37)39;1-3-15-30-25(9-1)11-5-18-33(30)37-40-36(41-38(42-37)34-19-6-12-26-10-2-4-16-31(26)34)29-22-20-27(21-23-29)32-17-7-13-28-14-8-24-39-35(28)32;1-3-9-30-23-32(20-14-25(30)7-1)37-40-36(41-38(42-37)33-21-15-26-8-2-4-10-31(26)24-33)29-18-16-27(17-19-29)34-13-5-11-28-12-6-22-39-35(28)34/h1-28H;2*1-24H. The first-order valence-electron chi connectivity index (χ1n) is 43.3. The molecule has 24 rings (SSSR count). The average molecular weight is 1660 g/mol. The SMILES string of the molecule is c1ccc(-c2ccc(-c3nc(-c4ccc(-c5ccccc5)cc4)nc(-c4ccc(-c5ccnc6ccccc56)cc4)n3)cc2)cc1.c1ccc2c(-c3nc(-c4ccc(-c5cccc6cccnc56)cc4)nc(-c4cccc5ccccc45)n3)cccc2c1.c1ccc2cc(-c3nc(-c4ccc(-c5cccc6cccnc56)cc4)nc(-c4ccc5ccccc5c4)n3)ccc2c1. The van der Waals surface area contributed by atoms with Crippen molar-refractivity contribution >= 4 is 75.8 Å². The highest BCUT2D eigenvalue weighted by molar-refractivity contribution is 6.00. The van der Waals surface area contributed by atoms with Gasteiger partial charge in [0.25, 0.3) is 0 Å². The summed E-state index contributed by atoms with van der Waals surface area (Å²) in [6.07, 6.45) is 5.55. The van der Waals surface area contributed by atoms with Crippen LogP contribution in [0.3, 0.4) is 0 Å². The quantitative estimate of drug-likeness (QED) is 0.102. The van der Waals surface area contributed by atoms with Crippen molar-refractivity contribution in [3.05, 3.63) is 461 Å². The number of nitrogens with zero attached hydrogens (tertiary/aromatic N) is 12. The predicted molar refractivity (Wildman–Crippen MR) is 532 cm³/mol. The third-order valence-corrected chi connectivity index (χ3v) is 23.8. The minimum Gasteiger partial charge on any atom is -0.256 e. The van der Waals surface area contributed by atoms with E-state index >= 15 is 0 Å². The zero-order valence-electron chi connectivity index (χ0n) is 70.2. The van der Waals surface area contributed by atoms with E-state index in [-0.39, 0.29) is 0 Å². The number of fused-ring (bicyclic) bond motifs is 7. The Labute approximate surface area is 750 Å². The van der Waals surface area contributed by atoms with Crippen LogP contribution in [-0.4, -0.2) is 59.8 Å². The number of aromatic nitrogens is 12. The molecule has 0 bridgehead atoms. The van der Waals surface area contributed by atoms with Crippen LogP contribution in [0, 0.1) is 0 Å². The maximum Gasteiger partial charge on any atom is 0.164 e. The fourth-order valence-corrected chi connectivity index (χ4v) is 17.1. The number of pyridine rings is 3. The average Bonchev–Trinajstić information content (AvgIpc) is 0.763. The Kier molecular flexibility index (Phi) is 21.1. The Morgan fingerprint density at radius 1 is 0.123 bits per heavy atom. The summed E-state index contributed by atoms with van der Waals surface area (Å²) in [5, 5.41) is 12.6.